The fourth-order valence-electron chi connectivity index (χ4n) is 1.54. The molecule has 0 spiro atoms. The van der Waals surface area contributed by atoms with E-state index in [-0.39, 0.29) is 0 Å². The van der Waals surface area contributed by atoms with Gasteiger partial charge < -0.3 is 5.32 Å². The second-order valence-electron chi connectivity index (χ2n) is 4.50. The average molecular weight is 203 g/mol. The third-order valence-corrected chi connectivity index (χ3v) is 2.99. The molecule has 0 aliphatic carbocycles. The summed E-state index contributed by atoms with van der Waals surface area (Å²) >= 11 is 1.94. The van der Waals surface area contributed by atoms with Crippen LogP contribution in [0.1, 0.15) is 34.1 Å². The molecule has 1 N–H and O–H groups in total. The summed E-state index contributed by atoms with van der Waals surface area (Å²) in [5, 5.41) is 3.59. The Balaban J connectivity index is 3.40. The van der Waals surface area contributed by atoms with Gasteiger partial charge in [-0.2, -0.15) is 11.8 Å². The smallest absolute Gasteiger partial charge is 0.00412 e. The third-order valence-electron chi connectivity index (χ3n) is 2.09. The van der Waals surface area contributed by atoms with Crippen LogP contribution >= 0.6 is 11.8 Å². The molecule has 0 amide bonds. The maximum absolute atomic E-state index is 3.59. The van der Waals surface area contributed by atoms with E-state index in [2.05, 4.69) is 39.3 Å². The van der Waals surface area contributed by atoms with E-state index >= 15 is 0 Å². The maximum Gasteiger partial charge on any atom is 0.00412 e. The zero-order chi connectivity index (χ0) is 10.3. The highest BCUT2D eigenvalue weighted by atomic mass is 32.2. The van der Waals surface area contributed by atoms with Crippen LogP contribution in [0.3, 0.4) is 0 Å². The van der Waals surface area contributed by atoms with Crippen LogP contribution in [-0.4, -0.2) is 24.6 Å². The van der Waals surface area contributed by atoms with E-state index in [9.17, 15) is 0 Å². The van der Waals surface area contributed by atoms with Gasteiger partial charge in [0.25, 0.3) is 0 Å². The van der Waals surface area contributed by atoms with Crippen LogP contribution in [0.4, 0.5) is 0 Å². The van der Waals surface area contributed by atoms with Gasteiger partial charge >= 0.3 is 0 Å². The molecule has 0 saturated heterocycles. The van der Waals surface area contributed by atoms with E-state index in [0.29, 0.717) is 6.04 Å². The minimum atomic E-state index is 0.671. The van der Waals surface area contributed by atoms with Crippen LogP contribution in [0.5, 0.6) is 0 Å². The van der Waals surface area contributed by atoms with E-state index in [1.165, 1.54) is 12.2 Å². The molecule has 0 aromatic rings. The molecule has 0 aliphatic rings. The topological polar surface area (TPSA) is 12.0 Å². The Morgan fingerprint density at radius 3 is 2.23 bits per heavy atom. The van der Waals surface area contributed by atoms with E-state index in [0.717, 1.165) is 18.4 Å². The number of hydrogen-bond donors (Lipinski definition) is 1. The number of rotatable bonds is 7. The van der Waals surface area contributed by atoms with E-state index in [1.807, 2.05) is 11.8 Å². The van der Waals surface area contributed by atoms with Crippen molar-refractivity contribution in [3.8, 4) is 0 Å². The second kappa shape index (κ2) is 7.69. The maximum atomic E-state index is 3.59. The quantitative estimate of drug-likeness (QED) is 0.682. The predicted molar refractivity (Wildman–Crippen MR) is 64.5 cm³/mol. The fourth-order valence-corrected chi connectivity index (χ4v) is 2.22. The van der Waals surface area contributed by atoms with Gasteiger partial charge in [0.05, 0.1) is 0 Å². The Hall–Kier alpha value is 0.310. The summed E-state index contributed by atoms with van der Waals surface area (Å²) in [6.45, 7) is 10.3. The van der Waals surface area contributed by atoms with Gasteiger partial charge in [0.15, 0.2) is 0 Å². The Morgan fingerprint density at radius 2 is 1.77 bits per heavy atom. The van der Waals surface area contributed by atoms with Crippen molar-refractivity contribution in [3.63, 3.8) is 0 Å². The van der Waals surface area contributed by atoms with Crippen LogP contribution in [0.2, 0.25) is 0 Å². The Kier molecular flexibility index (Phi) is 7.87. The van der Waals surface area contributed by atoms with Crippen LogP contribution in [0.15, 0.2) is 0 Å². The lowest BCUT2D eigenvalue weighted by molar-refractivity contribution is 0.419. The molecule has 0 rings (SSSR count). The zero-order valence-electron chi connectivity index (χ0n) is 9.76. The molecular weight excluding hydrogens is 178 g/mol. The monoisotopic (exact) mass is 203 g/mol. The molecule has 2 atom stereocenters. The van der Waals surface area contributed by atoms with Crippen molar-refractivity contribution in [1.29, 1.82) is 0 Å². The Bertz CT molecular complexity index is 115. The predicted octanol–water partition coefficient (Wildman–Crippen LogP) is 3.01. The van der Waals surface area contributed by atoms with Gasteiger partial charge in [-0.3, -0.25) is 0 Å². The molecule has 13 heavy (non-hydrogen) atoms. The zero-order valence-corrected chi connectivity index (χ0v) is 10.6. The molecular formula is C11H25NS. The van der Waals surface area contributed by atoms with Gasteiger partial charge in [-0.05, 0) is 43.7 Å². The molecule has 0 aromatic heterocycles. The highest BCUT2D eigenvalue weighted by Gasteiger charge is 2.06. The first kappa shape index (κ1) is 13.3. The first-order chi connectivity index (χ1) is 6.06. The average Bonchev–Trinajstić information content (AvgIpc) is 2.00. The SMILES string of the molecule is CSCC(C)CNC(C)CC(C)C. The molecule has 2 heteroatoms. The van der Waals surface area contributed by atoms with Gasteiger partial charge in [-0.1, -0.05) is 20.8 Å². The number of thioether (sulfide) groups is 1. The molecule has 2 unspecified atom stereocenters. The van der Waals surface area contributed by atoms with Gasteiger partial charge in [-0.25, -0.2) is 0 Å². The lowest BCUT2D eigenvalue weighted by Crippen LogP contribution is -2.32. The summed E-state index contributed by atoms with van der Waals surface area (Å²) in [5.74, 6) is 2.87. The van der Waals surface area contributed by atoms with Crippen molar-refractivity contribution in [1.82, 2.24) is 5.32 Å². The van der Waals surface area contributed by atoms with Crippen molar-refractivity contribution < 1.29 is 0 Å². The lowest BCUT2D eigenvalue weighted by atomic mass is 10.0. The highest BCUT2D eigenvalue weighted by molar-refractivity contribution is 7.98. The summed E-state index contributed by atoms with van der Waals surface area (Å²) in [7, 11) is 0. The van der Waals surface area contributed by atoms with Crippen molar-refractivity contribution in [2.45, 2.75) is 40.2 Å². The minimum absolute atomic E-state index is 0.671. The molecule has 0 radical (unpaired) electrons. The molecule has 0 fully saturated rings. The first-order valence-corrected chi connectivity index (χ1v) is 6.68. The largest absolute Gasteiger partial charge is 0.314 e. The lowest BCUT2D eigenvalue weighted by Gasteiger charge is -2.18. The molecule has 80 valence electrons. The molecule has 0 bridgehead atoms. The number of nitrogens with one attached hydrogen (secondary N) is 1. The minimum Gasteiger partial charge on any atom is -0.314 e. The van der Waals surface area contributed by atoms with E-state index < -0.39 is 0 Å². The Morgan fingerprint density at radius 1 is 1.15 bits per heavy atom. The molecule has 0 aliphatic heterocycles. The Labute approximate surface area is 88.1 Å². The van der Waals surface area contributed by atoms with Crippen molar-refractivity contribution in [2.24, 2.45) is 11.8 Å². The van der Waals surface area contributed by atoms with Crippen molar-refractivity contribution >= 4 is 11.8 Å². The van der Waals surface area contributed by atoms with Gasteiger partial charge in [0.2, 0.25) is 0 Å². The summed E-state index contributed by atoms with van der Waals surface area (Å²) in [6.07, 6.45) is 3.46. The normalized spacial score (nSPS) is 16.2. The summed E-state index contributed by atoms with van der Waals surface area (Å²) in [4.78, 5) is 0. The van der Waals surface area contributed by atoms with Crippen molar-refractivity contribution in [2.75, 3.05) is 18.6 Å². The van der Waals surface area contributed by atoms with Crippen LogP contribution in [0, 0.1) is 11.8 Å². The third kappa shape index (κ3) is 8.63. The van der Waals surface area contributed by atoms with E-state index in [4.69, 9.17) is 0 Å². The highest BCUT2D eigenvalue weighted by Crippen LogP contribution is 2.06. The standard InChI is InChI=1S/C11H25NS/c1-9(2)6-11(4)12-7-10(3)8-13-5/h9-12H,6-8H2,1-5H3. The molecule has 0 saturated carbocycles. The summed E-state index contributed by atoms with van der Waals surface area (Å²) in [6, 6.07) is 0.671. The van der Waals surface area contributed by atoms with Crippen LogP contribution < -0.4 is 5.32 Å². The van der Waals surface area contributed by atoms with E-state index in [1.54, 1.807) is 0 Å². The van der Waals surface area contributed by atoms with Gasteiger partial charge in [-0.15, -0.1) is 0 Å². The first-order valence-electron chi connectivity index (χ1n) is 5.28. The molecule has 1 nitrogen and oxygen atoms in total. The van der Waals surface area contributed by atoms with Crippen LogP contribution in [-0.2, 0) is 0 Å². The van der Waals surface area contributed by atoms with Gasteiger partial charge in [0, 0.05) is 6.04 Å². The second-order valence-corrected chi connectivity index (χ2v) is 5.41. The van der Waals surface area contributed by atoms with Crippen molar-refractivity contribution in [3.05, 3.63) is 0 Å². The van der Waals surface area contributed by atoms with Gasteiger partial charge in [0.1, 0.15) is 0 Å². The molecule has 0 aromatic carbocycles. The van der Waals surface area contributed by atoms with Crippen LogP contribution in [0.25, 0.3) is 0 Å². The summed E-state index contributed by atoms with van der Waals surface area (Å²) < 4.78 is 0. The number of hydrogen-bond acceptors (Lipinski definition) is 2. The molecule has 0 heterocycles. The summed E-state index contributed by atoms with van der Waals surface area (Å²) in [5.41, 5.74) is 0. The fraction of sp³-hybridized carbons (Fsp3) is 1.00.